The van der Waals surface area contributed by atoms with Crippen LogP contribution in [-0.4, -0.2) is 26.5 Å². The van der Waals surface area contributed by atoms with Gasteiger partial charge in [0.1, 0.15) is 5.69 Å². The molecule has 0 unspecified atom stereocenters. The van der Waals surface area contributed by atoms with E-state index in [0.717, 1.165) is 29.5 Å². The molecule has 3 aromatic heterocycles. The molecule has 0 saturated carbocycles. The number of carbonyl (C=O) groups is 2. The Morgan fingerprint density at radius 2 is 1.67 bits per heavy atom. The standard InChI is InChI=1S/C27H23F3N6O3/c1-15-3-4-18(34-26(39)35-19-5-6-23(33-13-19)27(28,29)30)11-21(15)17-10-22(25(38)36(2)14-17)16-7-8-32-20(9-16)12-24(31)37/h3-11,13-14H,12H2,1-2H3,(H2,31,37)(H2,34,35,39). The number of aromatic nitrogens is 3. The summed E-state index contributed by atoms with van der Waals surface area (Å²) in [6.07, 6.45) is -0.561. The molecular formula is C27H23F3N6O3. The third-order valence-electron chi connectivity index (χ3n) is 5.78. The van der Waals surface area contributed by atoms with Gasteiger partial charge >= 0.3 is 12.2 Å². The molecule has 0 fully saturated rings. The summed E-state index contributed by atoms with van der Waals surface area (Å²) in [5.74, 6) is -0.542. The van der Waals surface area contributed by atoms with Crippen molar-refractivity contribution in [3.05, 3.63) is 94.4 Å². The van der Waals surface area contributed by atoms with Crippen LogP contribution < -0.4 is 21.9 Å². The molecule has 0 aliphatic rings. The molecule has 4 aromatic rings. The average molecular weight is 537 g/mol. The molecule has 200 valence electrons. The number of pyridine rings is 3. The first-order valence-corrected chi connectivity index (χ1v) is 11.6. The maximum atomic E-state index is 13.0. The van der Waals surface area contributed by atoms with E-state index in [-0.39, 0.29) is 17.7 Å². The number of benzene rings is 1. The number of halogens is 3. The highest BCUT2D eigenvalue weighted by atomic mass is 19.4. The van der Waals surface area contributed by atoms with Crippen LogP contribution in [-0.2, 0) is 24.4 Å². The van der Waals surface area contributed by atoms with Crippen LogP contribution in [0.15, 0.2) is 71.9 Å². The van der Waals surface area contributed by atoms with Gasteiger partial charge < -0.3 is 20.9 Å². The van der Waals surface area contributed by atoms with Crippen LogP contribution in [0.3, 0.4) is 0 Å². The number of nitrogens with one attached hydrogen (secondary N) is 2. The Kier molecular flexibility index (Phi) is 7.47. The molecule has 3 heterocycles. The molecule has 3 amide bonds. The number of primary amides is 1. The molecule has 9 nitrogen and oxygen atoms in total. The highest BCUT2D eigenvalue weighted by Gasteiger charge is 2.32. The molecule has 0 aliphatic heterocycles. The molecule has 4 N–H and O–H groups in total. The second-order valence-electron chi connectivity index (χ2n) is 8.78. The first-order chi connectivity index (χ1) is 18.4. The number of carbonyl (C=O) groups excluding carboxylic acids is 2. The van der Waals surface area contributed by atoms with E-state index in [9.17, 15) is 27.6 Å². The highest BCUT2D eigenvalue weighted by Crippen LogP contribution is 2.30. The Morgan fingerprint density at radius 3 is 2.33 bits per heavy atom. The summed E-state index contributed by atoms with van der Waals surface area (Å²) in [4.78, 5) is 44.2. The topological polar surface area (TPSA) is 132 Å². The van der Waals surface area contributed by atoms with Crippen molar-refractivity contribution < 1.29 is 22.8 Å². The van der Waals surface area contributed by atoms with E-state index >= 15 is 0 Å². The summed E-state index contributed by atoms with van der Waals surface area (Å²) < 4.78 is 39.6. The predicted octanol–water partition coefficient (Wildman–Crippen LogP) is 4.51. The molecule has 39 heavy (non-hydrogen) atoms. The number of aryl methyl sites for hydroxylation is 2. The smallest absolute Gasteiger partial charge is 0.369 e. The van der Waals surface area contributed by atoms with E-state index in [1.165, 1.54) is 10.8 Å². The van der Waals surface area contributed by atoms with Gasteiger partial charge in [-0.05, 0) is 71.6 Å². The van der Waals surface area contributed by atoms with Crippen molar-refractivity contribution in [1.29, 1.82) is 0 Å². The fourth-order valence-corrected chi connectivity index (χ4v) is 3.93. The van der Waals surface area contributed by atoms with E-state index in [1.807, 2.05) is 6.92 Å². The zero-order chi connectivity index (χ0) is 28.3. The van der Waals surface area contributed by atoms with E-state index in [2.05, 4.69) is 20.6 Å². The van der Waals surface area contributed by atoms with Crippen LogP contribution in [0.25, 0.3) is 22.3 Å². The van der Waals surface area contributed by atoms with E-state index in [4.69, 9.17) is 5.73 Å². The first-order valence-electron chi connectivity index (χ1n) is 11.6. The van der Waals surface area contributed by atoms with Crippen molar-refractivity contribution in [1.82, 2.24) is 14.5 Å². The van der Waals surface area contributed by atoms with Crippen molar-refractivity contribution >= 4 is 23.3 Å². The van der Waals surface area contributed by atoms with Gasteiger partial charge in [0.15, 0.2) is 0 Å². The lowest BCUT2D eigenvalue weighted by Gasteiger charge is -2.14. The Morgan fingerprint density at radius 1 is 0.949 bits per heavy atom. The van der Waals surface area contributed by atoms with Crippen molar-refractivity contribution in [3.8, 4) is 22.3 Å². The molecule has 0 saturated heterocycles. The number of anilines is 2. The Bertz CT molecular complexity index is 1610. The molecule has 0 aliphatic carbocycles. The van der Waals surface area contributed by atoms with E-state index < -0.39 is 23.8 Å². The van der Waals surface area contributed by atoms with Crippen molar-refractivity contribution in [2.45, 2.75) is 19.5 Å². The average Bonchev–Trinajstić information content (AvgIpc) is 2.86. The number of hydrogen-bond donors (Lipinski definition) is 3. The zero-order valence-electron chi connectivity index (χ0n) is 20.8. The van der Waals surface area contributed by atoms with E-state index in [0.29, 0.717) is 28.1 Å². The number of nitrogens with two attached hydrogens (primary N) is 1. The molecule has 0 radical (unpaired) electrons. The lowest BCUT2D eigenvalue weighted by molar-refractivity contribution is -0.141. The Labute approximate surface area is 220 Å². The van der Waals surface area contributed by atoms with Gasteiger partial charge in [0.25, 0.3) is 5.56 Å². The number of rotatable bonds is 6. The van der Waals surface area contributed by atoms with Crippen LogP contribution in [0.2, 0.25) is 0 Å². The van der Waals surface area contributed by atoms with Crippen molar-refractivity contribution in [2.24, 2.45) is 12.8 Å². The van der Waals surface area contributed by atoms with Gasteiger partial charge in [-0.15, -0.1) is 0 Å². The fourth-order valence-electron chi connectivity index (χ4n) is 3.93. The number of nitrogens with zero attached hydrogens (tertiary/aromatic N) is 3. The van der Waals surface area contributed by atoms with Gasteiger partial charge in [0, 0.05) is 30.7 Å². The SMILES string of the molecule is Cc1ccc(NC(=O)Nc2ccc(C(F)(F)F)nc2)cc1-c1cc(-c2ccnc(CC(N)=O)c2)c(=O)n(C)c1. The Balaban J connectivity index is 1.60. The number of urea groups is 1. The zero-order valence-corrected chi connectivity index (χ0v) is 20.8. The van der Waals surface area contributed by atoms with Crippen LogP contribution in [0, 0.1) is 6.92 Å². The summed E-state index contributed by atoms with van der Waals surface area (Å²) in [5.41, 5.74) is 8.12. The molecule has 0 atom stereocenters. The molecular weight excluding hydrogens is 513 g/mol. The molecule has 0 bridgehead atoms. The minimum atomic E-state index is -4.58. The van der Waals surface area contributed by atoms with Gasteiger partial charge in [-0.1, -0.05) is 6.07 Å². The third-order valence-corrected chi connectivity index (χ3v) is 5.78. The van der Waals surface area contributed by atoms with Crippen LogP contribution >= 0.6 is 0 Å². The molecule has 1 aromatic carbocycles. The van der Waals surface area contributed by atoms with Gasteiger partial charge in [-0.25, -0.2) is 9.78 Å². The second kappa shape index (κ2) is 10.8. The van der Waals surface area contributed by atoms with Gasteiger partial charge in [0.2, 0.25) is 5.91 Å². The van der Waals surface area contributed by atoms with Crippen LogP contribution in [0.1, 0.15) is 17.0 Å². The maximum absolute atomic E-state index is 13.0. The van der Waals surface area contributed by atoms with Gasteiger partial charge in [0.05, 0.1) is 24.0 Å². The summed E-state index contributed by atoms with van der Waals surface area (Å²) in [5, 5.41) is 5.09. The maximum Gasteiger partial charge on any atom is 0.433 e. The summed E-state index contributed by atoms with van der Waals surface area (Å²) in [6, 6.07) is 11.4. The monoisotopic (exact) mass is 536 g/mol. The number of hydrogen-bond acceptors (Lipinski definition) is 5. The fraction of sp³-hybridized carbons (Fsp3) is 0.148. The lowest BCUT2D eigenvalue weighted by atomic mass is 9.97. The van der Waals surface area contributed by atoms with Crippen LogP contribution in [0.4, 0.5) is 29.3 Å². The summed E-state index contributed by atoms with van der Waals surface area (Å²) in [6.45, 7) is 1.87. The summed E-state index contributed by atoms with van der Waals surface area (Å²) >= 11 is 0. The highest BCUT2D eigenvalue weighted by molar-refractivity contribution is 6.00. The number of alkyl halides is 3. The largest absolute Gasteiger partial charge is 0.433 e. The predicted molar refractivity (Wildman–Crippen MR) is 140 cm³/mol. The third kappa shape index (κ3) is 6.47. The van der Waals surface area contributed by atoms with Crippen molar-refractivity contribution in [2.75, 3.05) is 10.6 Å². The normalized spacial score (nSPS) is 11.2. The van der Waals surface area contributed by atoms with Gasteiger partial charge in [-0.3, -0.25) is 14.6 Å². The van der Waals surface area contributed by atoms with Gasteiger partial charge in [-0.2, -0.15) is 13.2 Å². The molecule has 4 rings (SSSR count). The Hall–Kier alpha value is -5.00. The first kappa shape index (κ1) is 27.0. The molecule has 0 spiro atoms. The minimum absolute atomic E-state index is 0.0642. The van der Waals surface area contributed by atoms with Crippen LogP contribution in [0.5, 0.6) is 0 Å². The summed E-state index contributed by atoms with van der Waals surface area (Å²) in [7, 11) is 1.61. The second-order valence-corrected chi connectivity index (χ2v) is 8.78. The van der Waals surface area contributed by atoms with Crippen molar-refractivity contribution in [3.63, 3.8) is 0 Å². The minimum Gasteiger partial charge on any atom is -0.369 e. The number of amides is 3. The lowest BCUT2D eigenvalue weighted by Crippen LogP contribution is -2.20. The molecule has 12 heteroatoms. The van der Waals surface area contributed by atoms with E-state index in [1.54, 1.807) is 49.6 Å². The quantitative estimate of drug-likeness (QED) is 0.334.